The average molecular weight is 295 g/mol. The fraction of sp³-hybridized carbons (Fsp3) is 0.643. The van der Waals surface area contributed by atoms with Crippen molar-refractivity contribution in [3.05, 3.63) is 17.3 Å². The first kappa shape index (κ1) is 13.9. The highest BCUT2D eigenvalue weighted by molar-refractivity contribution is 7.15. The maximum atomic E-state index is 9.63. The Labute approximate surface area is 122 Å². The van der Waals surface area contributed by atoms with Gasteiger partial charge in [-0.15, -0.1) is 11.3 Å². The van der Waals surface area contributed by atoms with Gasteiger partial charge in [-0.2, -0.15) is 4.98 Å². The quantitative estimate of drug-likeness (QED) is 0.856. The van der Waals surface area contributed by atoms with Crippen molar-refractivity contribution in [2.45, 2.75) is 32.2 Å². The molecule has 0 radical (unpaired) electrons. The van der Waals surface area contributed by atoms with Crippen LogP contribution in [0.15, 0.2) is 11.6 Å². The minimum atomic E-state index is 0.0751. The molecule has 2 N–H and O–H groups in total. The van der Waals surface area contributed by atoms with Crippen LogP contribution in [0.25, 0.3) is 4.96 Å². The van der Waals surface area contributed by atoms with Gasteiger partial charge in [-0.1, -0.05) is 12.8 Å². The molecule has 1 fully saturated rings. The van der Waals surface area contributed by atoms with Gasteiger partial charge in [0.05, 0.1) is 7.11 Å². The number of aliphatic hydroxyl groups excluding tert-OH is 1. The van der Waals surface area contributed by atoms with E-state index in [0.717, 1.165) is 30.0 Å². The summed E-state index contributed by atoms with van der Waals surface area (Å²) in [6.07, 6.45) is 6.71. The van der Waals surface area contributed by atoms with Crippen LogP contribution in [0.4, 0.5) is 0 Å². The zero-order valence-electron chi connectivity index (χ0n) is 11.8. The van der Waals surface area contributed by atoms with Crippen LogP contribution in [0.5, 0.6) is 5.88 Å². The molecule has 0 saturated heterocycles. The molecule has 2 aromatic heterocycles. The number of nitrogens with one attached hydrogen (secondary N) is 1. The van der Waals surface area contributed by atoms with Crippen molar-refractivity contribution in [3.8, 4) is 5.88 Å². The van der Waals surface area contributed by atoms with Crippen LogP contribution in [-0.2, 0) is 6.54 Å². The Morgan fingerprint density at radius 1 is 1.50 bits per heavy atom. The van der Waals surface area contributed by atoms with Crippen LogP contribution < -0.4 is 10.1 Å². The molecule has 3 rings (SSSR count). The van der Waals surface area contributed by atoms with Crippen LogP contribution in [0.1, 0.15) is 31.4 Å². The van der Waals surface area contributed by atoms with Crippen molar-refractivity contribution in [3.63, 3.8) is 0 Å². The second-order valence-corrected chi connectivity index (χ2v) is 6.47. The molecule has 1 aliphatic rings. The van der Waals surface area contributed by atoms with Crippen LogP contribution in [0.3, 0.4) is 0 Å². The van der Waals surface area contributed by atoms with E-state index in [-0.39, 0.29) is 12.0 Å². The molecule has 6 heteroatoms. The maximum absolute atomic E-state index is 9.63. The van der Waals surface area contributed by atoms with Crippen LogP contribution in [0.2, 0.25) is 0 Å². The Kier molecular flexibility index (Phi) is 3.96. The van der Waals surface area contributed by atoms with Crippen molar-refractivity contribution in [2.24, 2.45) is 5.41 Å². The normalized spacial score (nSPS) is 17.9. The molecule has 20 heavy (non-hydrogen) atoms. The lowest BCUT2D eigenvalue weighted by Gasteiger charge is -2.26. The number of fused-ring (bicyclic) bond motifs is 1. The van der Waals surface area contributed by atoms with E-state index in [9.17, 15) is 5.11 Å². The summed E-state index contributed by atoms with van der Waals surface area (Å²) in [4.78, 5) is 5.40. The van der Waals surface area contributed by atoms with Gasteiger partial charge in [0.15, 0.2) is 4.96 Å². The lowest BCUT2D eigenvalue weighted by Crippen LogP contribution is -2.35. The summed E-state index contributed by atoms with van der Waals surface area (Å²) in [7, 11) is 1.65. The average Bonchev–Trinajstić information content (AvgIpc) is 3.15. The number of imidazole rings is 1. The zero-order chi connectivity index (χ0) is 14.0. The number of ether oxygens (including phenoxy) is 1. The summed E-state index contributed by atoms with van der Waals surface area (Å²) >= 11 is 1.60. The van der Waals surface area contributed by atoms with Gasteiger partial charge >= 0.3 is 0 Å². The van der Waals surface area contributed by atoms with Gasteiger partial charge in [0, 0.05) is 36.7 Å². The van der Waals surface area contributed by atoms with E-state index < -0.39 is 0 Å². The topological polar surface area (TPSA) is 58.8 Å². The van der Waals surface area contributed by atoms with Crippen LogP contribution >= 0.6 is 11.3 Å². The summed E-state index contributed by atoms with van der Waals surface area (Å²) in [5, 5.41) is 15.1. The van der Waals surface area contributed by atoms with Gasteiger partial charge in [-0.3, -0.25) is 4.40 Å². The lowest BCUT2D eigenvalue weighted by atomic mass is 9.87. The number of aliphatic hydroxyl groups is 1. The highest BCUT2D eigenvalue weighted by Crippen LogP contribution is 2.37. The number of thiazole rings is 1. The predicted octanol–water partition coefficient (Wildman–Crippen LogP) is 2.05. The molecule has 0 spiro atoms. The summed E-state index contributed by atoms with van der Waals surface area (Å²) in [6.45, 7) is 1.84. The number of nitrogens with zero attached hydrogens (tertiary/aromatic N) is 2. The summed E-state index contributed by atoms with van der Waals surface area (Å²) in [5.41, 5.74) is 1.13. The number of rotatable bonds is 6. The van der Waals surface area contributed by atoms with E-state index in [2.05, 4.69) is 14.7 Å². The number of hydrogen-bond acceptors (Lipinski definition) is 5. The Bertz CT molecular complexity index is 572. The lowest BCUT2D eigenvalue weighted by molar-refractivity contribution is 0.128. The highest BCUT2D eigenvalue weighted by Gasteiger charge is 2.32. The molecular formula is C14H21N3O2S. The van der Waals surface area contributed by atoms with E-state index in [1.54, 1.807) is 18.4 Å². The summed E-state index contributed by atoms with van der Waals surface area (Å²) in [5.74, 6) is 0.689. The summed E-state index contributed by atoms with van der Waals surface area (Å²) in [6, 6.07) is 0. The molecule has 0 aliphatic heterocycles. The third kappa shape index (κ3) is 2.43. The van der Waals surface area contributed by atoms with Gasteiger partial charge in [-0.25, -0.2) is 0 Å². The van der Waals surface area contributed by atoms with Crippen molar-refractivity contribution in [2.75, 3.05) is 20.3 Å². The largest absolute Gasteiger partial charge is 0.480 e. The fourth-order valence-corrected chi connectivity index (χ4v) is 3.82. The highest BCUT2D eigenvalue weighted by atomic mass is 32.1. The second kappa shape index (κ2) is 5.71. The predicted molar refractivity (Wildman–Crippen MR) is 79.3 cm³/mol. The molecular weight excluding hydrogens is 274 g/mol. The van der Waals surface area contributed by atoms with Crippen molar-refractivity contribution >= 4 is 16.3 Å². The number of methoxy groups -OCH3 is 1. The van der Waals surface area contributed by atoms with Gasteiger partial charge in [-0.05, 0) is 12.8 Å². The molecule has 0 aromatic carbocycles. The van der Waals surface area contributed by atoms with Crippen LogP contribution in [-0.4, -0.2) is 34.8 Å². The summed E-state index contributed by atoms with van der Waals surface area (Å²) < 4.78 is 7.41. The van der Waals surface area contributed by atoms with Gasteiger partial charge in [0.25, 0.3) is 0 Å². The first-order chi connectivity index (χ1) is 9.78. The molecule has 0 atom stereocenters. The standard InChI is InChI=1S/C14H21N3O2S/c1-19-12-11(17-6-7-20-13(17)16-12)8-15-9-14(10-18)4-2-3-5-14/h6-7,15,18H,2-5,8-10H2,1H3. The Balaban J connectivity index is 1.68. The molecule has 2 heterocycles. The number of hydrogen-bond donors (Lipinski definition) is 2. The van der Waals surface area contributed by atoms with E-state index in [1.807, 2.05) is 11.6 Å². The Morgan fingerprint density at radius 3 is 3.00 bits per heavy atom. The van der Waals surface area contributed by atoms with E-state index in [4.69, 9.17) is 4.74 Å². The van der Waals surface area contributed by atoms with E-state index in [0.29, 0.717) is 12.4 Å². The SMILES string of the molecule is COc1nc2sccn2c1CNCC1(CO)CCCC1. The molecule has 0 amide bonds. The zero-order valence-corrected chi connectivity index (χ0v) is 12.6. The Morgan fingerprint density at radius 2 is 2.30 bits per heavy atom. The molecule has 0 bridgehead atoms. The second-order valence-electron chi connectivity index (χ2n) is 5.59. The molecule has 2 aromatic rings. The smallest absolute Gasteiger partial charge is 0.237 e. The third-order valence-electron chi connectivity index (χ3n) is 4.31. The van der Waals surface area contributed by atoms with Crippen LogP contribution in [0, 0.1) is 5.41 Å². The molecule has 5 nitrogen and oxygen atoms in total. The first-order valence-corrected chi connectivity index (χ1v) is 7.96. The minimum absolute atomic E-state index is 0.0751. The fourth-order valence-electron chi connectivity index (χ4n) is 3.10. The van der Waals surface area contributed by atoms with Crippen molar-refractivity contribution < 1.29 is 9.84 Å². The molecule has 0 unspecified atom stereocenters. The van der Waals surface area contributed by atoms with E-state index in [1.165, 1.54) is 12.8 Å². The number of aromatic nitrogens is 2. The first-order valence-electron chi connectivity index (χ1n) is 7.08. The molecule has 1 saturated carbocycles. The monoisotopic (exact) mass is 295 g/mol. The maximum Gasteiger partial charge on any atom is 0.237 e. The van der Waals surface area contributed by atoms with Gasteiger partial charge in [0.2, 0.25) is 5.88 Å². The van der Waals surface area contributed by atoms with Crippen molar-refractivity contribution in [1.29, 1.82) is 0 Å². The van der Waals surface area contributed by atoms with Gasteiger partial charge < -0.3 is 15.2 Å². The van der Waals surface area contributed by atoms with Crippen molar-refractivity contribution in [1.82, 2.24) is 14.7 Å². The third-order valence-corrected chi connectivity index (χ3v) is 5.07. The van der Waals surface area contributed by atoms with Gasteiger partial charge in [0.1, 0.15) is 5.69 Å². The molecule has 1 aliphatic carbocycles. The van der Waals surface area contributed by atoms with E-state index >= 15 is 0 Å². The minimum Gasteiger partial charge on any atom is -0.480 e. The molecule has 110 valence electrons. The Hall–Kier alpha value is -1.11.